The zero-order valence-corrected chi connectivity index (χ0v) is 10.1. The van der Waals surface area contributed by atoms with Crippen LogP contribution in [0.25, 0.3) is 6.08 Å². The number of carbonyl (C=O) groups excluding carboxylic acids is 1. The number of hydrogen-bond acceptors (Lipinski definition) is 2. The second kappa shape index (κ2) is 3.97. The van der Waals surface area contributed by atoms with E-state index >= 15 is 0 Å². The Morgan fingerprint density at radius 1 is 1.41 bits per heavy atom. The summed E-state index contributed by atoms with van der Waals surface area (Å²) < 4.78 is 5.49. The molecule has 1 saturated carbocycles. The molecule has 0 unspecified atom stereocenters. The number of fused-ring (bicyclic) bond motifs is 1. The molecule has 1 saturated heterocycles. The summed E-state index contributed by atoms with van der Waals surface area (Å²) in [7, 11) is 0. The third-order valence-corrected chi connectivity index (χ3v) is 3.80. The van der Waals surface area contributed by atoms with Crippen LogP contribution < -0.4 is 0 Å². The molecular weight excluding hydrogens is 236 g/mol. The Morgan fingerprint density at radius 2 is 2.18 bits per heavy atom. The molecule has 2 aliphatic rings. The molecule has 0 amide bonds. The molecule has 17 heavy (non-hydrogen) atoms. The van der Waals surface area contributed by atoms with Gasteiger partial charge in [0.15, 0.2) is 11.4 Å². The quantitative estimate of drug-likeness (QED) is 0.607. The van der Waals surface area contributed by atoms with Crippen molar-refractivity contribution in [2.45, 2.75) is 31.0 Å². The molecule has 2 atom stereocenters. The molecular formula is C14H13ClO2. The van der Waals surface area contributed by atoms with E-state index in [-0.39, 0.29) is 11.9 Å². The minimum Gasteiger partial charge on any atom is -0.357 e. The normalized spacial score (nSPS) is 30.5. The highest BCUT2D eigenvalue weighted by Crippen LogP contribution is 2.50. The molecule has 0 N–H and O–H groups in total. The summed E-state index contributed by atoms with van der Waals surface area (Å²) >= 11 is 5.80. The van der Waals surface area contributed by atoms with Crippen molar-refractivity contribution < 1.29 is 9.53 Å². The van der Waals surface area contributed by atoms with E-state index < -0.39 is 5.60 Å². The zero-order valence-electron chi connectivity index (χ0n) is 9.36. The highest BCUT2D eigenvalue weighted by molar-refractivity contribution is 6.30. The maximum atomic E-state index is 12.0. The maximum Gasteiger partial charge on any atom is 0.190 e. The Morgan fingerprint density at radius 3 is 2.76 bits per heavy atom. The minimum absolute atomic E-state index is 0.106. The van der Waals surface area contributed by atoms with Crippen molar-refractivity contribution >= 4 is 23.5 Å². The first kappa shape index (κ1) is 11.0. The van der Waals surface area contributed by atoms with Crippen LogP contribution in [-0.2, 0) is 9.53 Å². The lowest BCUT2D eigenvalue weighted by Crippen LogP contribution is -2.21. The first-order valence-corrected chi connectivity index (χ1v) is 6.24. The standard InChI is InChI=1S/C14H13ClO2/c15-11-6-3-10(4-7-11)5-8-12(16)14-9-1-2-13(14)17-14/h3-8,13H,1-2,9H2/b8-5+/t13-,14-/m1/s1. The van der Waals surface area contributed by atoms with Gasteiger partial charge >= 0.3 is 0 Å². The average Bonchev–Trinajstić information content (AvgIpc) is 2.91. The summed E-state index contributed by atoms with van der Waals surface area (Å²) in [5.41, 5.74) is 0.525. The summed E-state index contributed by atoms with van der Waals surface area (Å²) in [5, 5.41) is 0.702. The SMILES string of the molecule is O=C(/C=C/c1ccc(Cl)cc1)[C@]12CCC[C@H]1O2. The monoisotopic (exact) mass is 248 g/mol. The highest BCUT2D eigenvalue weighted by Gasteiger charge is 2.63. The molecule has 3 heteroatoms. The second-order valence-corrected chi connectivity index (χ2v) is 5.07. The average molecular weight is 249 g/mol. The van der Waals surface area contributed by atoms with Crippen molar-refractivity contribution in [2.24, 2.45) is 0 Å². The second-order valence-electron chi connectivity index (χ2n) is 4.64. The van der Waals surface area contributed by atoms with Gasteiger partial charge in [0, 0.05) is 5.02 Å². The lowest BCUT2D eigenvalue weighted by molar-refractivity contribution is -0.119. The first-order chi connectivity index (χ1) is 8.21. The van der Waals surface area contributed by atoms with Gasteiger partial charge in [-0.1, -0.05) is 29.8 Å². The fourth-order valence-electron chi connectivity index (χ4n) is 2.51. The molecule has 3 rings (SSSR count). The van der Waals surface area contributed by atoms with Gasteiger partial charge in [-0.2, -0.15) is 0 Å². The van der Waals surface area contributed by atoms with Gasteiger partial charge in [-0.05, 0) is 43.0 Å². The molecule has 0 aromatic heterocycles. The van der Waals surface area contributed by atoms with E-state index in [0.29, 0.717) is 5.02 Å². The van der Waals surface area contributed by atoms with E-state index in [2.05, 4.69) is 0 Å². The Balaban J connectivity index is 1.71. The molecule has 1 aromatic rings. The van der Waals surface area contributed by atoms with Gasteiger partial charge in [-0.25, -0.2) is 0 Å². The smallest absolute Gasteiger partial charge is 0.190 e. The molecule has 0 spiro atoms. The van der Waals surface area contributed by atoms with Crippen molar-refractivity contribution in [2.75, 3.05) is 0 Å². The van der Waals surface area contributed by atoms with Crippen LogP contribution in [-0.4, -0.2) is 17.5 Å². The molecule has 1 aromatic carbocycles. The third kappa shape index (κ3) is 1.92. The molecule has 2 nitrogen and oxygen atoms in total. The summed E-state index contributed by atoms with van der Waals surface area (Å²) in [6.45, 7) is 0. The van der Waals surface area contributed by atoms with Crippen molar-refractivity contribution in [1.82, 2.24) is 0 Å². The van der Waals surface area contributed by atoms with Gasteiger partial charge in [0.1, 0.15) is 0 Å². The van der Waals surface area contributed by atoms with Gasteiger partial charge in [-0.15, -0.1) is 0 Å². The van der Waals surface area contributed by atoms with Crippen molar-refractivity contribution in [3.05, 3.63) is 40.9 Å². The third-order valence-electron chi connectivity index (χ3n) is 3.54. The molecule has 0 radical (unpaired) electrons. The fraction of sp³-hybridized carbons (Fsp3) is 0.357. The summed E-state index contributed by atoms with van der Waals surface area (Å²) in [6, 6.07) is 7.42. The number of halogens is 1. The number of carbonyl (C=O) groups is 1. The van der Waals surface area contributed by atoms with E-state index in [9.17, 15) is 4.79 Å². The number of epoxide rings is 1. The van der Waals surface area contributed by atoms with Crippen LogP contribution in [0.2, 0.25) is 5.02 Å². The number of ketones is 1. The minimum atomic E-state index is -0.455. The van der Waals surface area contributed by atoms with Crippen LogP contribution in [0, 0.1) is 0 Å². The molecule has 88 valence electrons. The molecule has 1 aliphatic heterocycles. The van der Waals surface area contributed by atoms with E-state index in [1.165, 1.54) is 0 Å². The largest absolute Gasteiger partial charge is 0.357 e. The Kier molecular flexibility index (Phi) is 2.57. The lowest BCUT2D eigenvalue weighted by Gasteiger charge is -2.02. The van der Waals surface area contributed by atoms with Gasteiger partial charge in [0.05, 0.1) is 6.10 Å². The van der Waals surface area contributed by atoms with Gasteiger partial charge in [-0.3, -0.25) is 4.79 Å². The van der Waals surface area contributed by atoms with Gasteiger partial charge in [0.2, 0.25) is 0 Å². The van der Waals surface area contributed by atoms with Crippen LogP contribution in [0.15, 0.2) is 30.3 Å². The Hall–Kier alpha value is -1.12. The molecule has 2 fully saturated rings. The molecule has 0 bridgehead atoms. The number of benzene rings is 1. The maximum absolute atomic E-state index is 12.0. The van der Waals surface area contributed by atoms with E-state index in [4.69, 9.17) is 16.3 Å². The van der Waals surface area contributed by atoms with Crippen molar-refractivity contribution in [3.63, 3.8) is 0 Å². The molecule has 1 aliphatic carbocycles. The van der Waals surface area contributed by atoms with Crippen LogP contribution >= 0.6 is 11.6 Å². The zero-order chi connectivity index (χ0) is 11.9. The highest BCUT2D eigenvalue weighted by atomic mass is 35.5. The first-order valence-electron chi connectivity index (χ1n) is 5.87. The Bertz CT molecular complexity index is 478. The summed E-state index contributed by atoms with van der Waals surface area (Å²) in [4.78, 5) is 12.0. The summed E-state index contributed by atoms with van der Waals surface area (Å²) in [6.07, 6.45) is 6.65. The van der Waals surface area contributed by atoms with Crippen LogP contribution in [0.3, 0.4) is 0 Å². The van der Waals surface area contributed by atoms with Crippen molar-refractivity contribution in [3.8, 4) is 0 Å². The topological polar surface area (TPSA) is 29.6 Å². The summed E-state index contributed by atoms with van der Waals surface area (Å²) in [5.74, 6) is 0.106. The van der Waals surface area contributed by atoms with Crippen LogP contribution in [0.4, 0.5) is 0 Å². The number of rotatable bonds is 3. The lowest BCUT2D eigenvalue weighted by atomic mass is 10.0. The van der Waals surface area contributed by atoms with Crippen LogP contribution in [0.5, 0.6) is 0 Å². The number of hydrogen-bond donors (Lipinski definition) is 0. The number of ether oxygens (including phenoxy) is 1. The van der Waals surface area contributed by atoms with Gasteiger partial charge < -0.3 is 4.74 Å². The molecule has 1 heterocycles. The van der Waals surface area contributed by atoms with E-state index in [0.717, 1.165) is 24.8 Å². The predicted molar refractivity (Wildman–Crippen MR) is 66.9 cm³/mol. The fourth-order valence-corrected chi connectivity index (χ4v) is 2.63. The van der Waals surface area contributed by atoms with E-state index in [1.54, 1.807) is 6.08 Å². The van der Waals surface area contributed by atoms with Crippen LogP contribution in [0.1, 0.15) is 24.8 Å². The predicted octanol–water partition coefficient (Wildman–Crippen LogP) is 3.24. The Labute approximate surface area is 105 Å². The van der Waals surface area contributed by atoms with E-state index in [1.807, 2.05) is 30.3 Å². The van der Waals surface area contributed by atoms with Gasteiger partial charge in [0.25, 0.3) is 0 Å². The van der Waals surface area contributed by atoms with Crippen molar-refractivity contribution in [1.29, 1.82) is 0 Å².